The number of rotatable bonds is 2. The molecule has 3 N–H and O–H groups in total. The molecule has 0 bridgehead atoms. The number of nitrogens with two attached hydrogens (primary N) is 1. The fourth-order valence-electron chi connectivity index (χ4n) is 2.62. The lowest BCUT2D eigenvalue weighted by molar-refractivity contribution is 0.506. The molecule has 0 radical (unpaired) electrons. The molecule has 0 unspecified atom stereocenters. The lowest BCUT2D eigenvalue weighted by atomic mass is 10.1. The van der Waals surface area contributed by atoms with E-state index in [4.69, 9.17) is 5.73 Å². The molecule has 0 atom stereocenters. The fraction of sp³-hybridized carbons (Fsp3) is 0.385. The largest absolute Gasteiger partial charge is 0.383 e. The fourth-order valence-corrected chi connectivity index (χ4v) is 2.62. The van der Waals surface area contributed by atoms with E-state index in [1.54, 1.807) is 0 Å². The van der Waals surface area contributed by atoms with Crippen LogP contribution in [0.5, 0.6) is 0 Å². The molecule has 106 valence electrons. The van der Waals surface area contributed by atoms with Crippen LogP contribution >= 0.6 is 0 Å². The van der Waals surface area contributed by atoms with Gasteiger partial charge in [-0.2, -0.15) is 0 Å². The molecular formula is C13H13F3N4. The zero-order chi connectivity index (χ0) is 14.3. The second kappa shape index (κ2) is 4.81. The zero-order valence-corrected chi connectivity index (χ0v) is 10.6. The van der Waals surface area contributed by atoms with Crippen molar-refractivity contribution in [2.45, 2.75) is 31.7 Å². The second-order valence-corrected chi connectivity index (χ2v) is 4.93. The molecule has 2 aromatic rings. The molecule has 1 aliphatic carbocycles. The molecule has 1 heterocycles. The van der Waals surface area contributed by atoms with Gasteiger partial charge in [0, 0.05) is 6.04 Å². The Morgan fingerprint density at radius 1 is 1.05 bits per heavy atom. The molecule has 0 aliphatic heterocycles. The summed E-state index contributed by atoms with van der Waals surface area (Å²) in [6.07, 6.45) is 4.63. The molecule has 7 heteroatoms. The van der Waals surface area contributed by atoms with Crippen molar-refractivity contribution < 1.29 is 13.2 Å². The summed E-state index contributed by atoms with van der Waals surface area (Å²) in [7, 11) is 0. The van der Waals surface area contributed by atoms with E-state index in [0.29, 0.717) is 0 Å². The Hall–Kier alpha value is -2.05. The van der Waals surface area contributed by atoms with Crippen LogP contribution in [0.3, 0.4) is 0 Å². The number of nitrogens with zero attached hydrogens (tertiary/aromatic N) is 2. The van der Waals surface area contributed by atoms with E-state index in [1.165, 1.54) is 0 Å². The monoisotopic (exact) mass is 282 g/mol. The standard InChI is InChI=1S/C13H13F3N4/c14-8-7-11(18-5-19-13(7)17)10(16)12(9(8)15)20-6-3-1-2-4-6/h5-6,20H,1-4H2,(H2,17,18,19). The van der Waals surface area contributed by atoms with Crippen LogP contribution in [-0.4, -0.2) is 16.0 Å². The number of anilines is 2. The SMILES string of the molecule is Nc1ncnc2c(F)c(NC3CCCC3)c(F)c(F)c12. The van der Waals surface area contributed by atoms with Gasteiger partial charge in [0.1, 0.15) is 23.3 Å². The highest BCUT2D eigenvalue weighted by molar-refractivity contribution is 5.91. The van der Waals surface area contributed by atoms with E-state index in [1.807, 2.05) is 0 Å². The van der Waals surface area contributed by atoms with Gasteiger partial charge in [-0.1, -0.05) is 12.8 Å². The molecule has 0 spiro atoms. The van der Waals surface area contributed by atoms with Gasteiger partial charge >= 0.3 is 0 Å². The van der Waals surface area contributed by atoms with E-state index in [-0.39, 0.29) is 17.4 Å². The molecule has 1 aliphatic rings. The topological polar surface area (TPSA) is 63.8 Å². The Labute approximate surface area is 113 Å². The number of halogens is 3. The van der Waals surface area contributed by atoms with Gasteiger partial charge in [-0.3, -0.25) is 0 Å². The van der Waals surface area contributed by atoms with Crippen molar-refractivity contribution in [1.82, 2.24) is 9.97 Å². The molecule has 1 fully saturated rings. The predicted octanol–water partition coefficient (Wildman–Crippen LogP) is 2.98. The van der Waals surface area contributed by atoms with Gasteiger partial charge in [-0.15, -0.1) is 0 Å². The number of nitrogens with one attached hydrogen (secondary N) is 1. The van der Waals surface area contributed by atoms with Crippen LogP contribution in [0.1, 0.15) is 25.7 Å². The van der Waals surface area contributed by atoms with Crippen molar-refractivity contribution in [2.24, 2.45) is 0 Å². The van der Waals surface area contributed by atoms with E-state index in [9.17, 15) is 13.2 Å². The number of fused-ring (bicyclic) bond motifs is 1. The second-order valence-electron chi connectivity index (χ2n) is 4.93. The Kier molecular flexibility index (Phi) is 3.11. The van der Waals surface area contributed by atoms with Crippen LogP contribution in [-0.2, 0) is 0 Å². The van der Waals surface area contributed by atoms with Gasteiger partial charge in [0.25, 0.3) is 0 Å². The van der Waals surface area contributed by atoms with Crippen molar-refractivity contribution in [2.75, 3.05) is 11.1 Å². The van der Waals surface area contributed by atoms with E-state index in [0.717, 1.165) is 32.0 Å². The summed E-state index contributed by atoms with van der Waals surface area (Å²) in [6, 6.07) is -0.0463. The smallest absolute Gasteiger partial charge is 0.185 e. The van der Waals surface area contributed by atoms with Crippen molar-refractivity contribution in [3.05, 3.63) is 23.8 Å². The quantitative estimate of drug-likeness (QED) is 0.831. The van der Waals surface area contributed by atoms with Crippen LogP contribution in [0.25, 0.3) is 10.9 Å². The van der Waals surface area contributed by atoms with E-state index >= 15 is 0 Å². The van der Waals surface area contributed by atoms with Crippen LogP contribution in [0.4, 0.5) is 24.7 Å². The maximum Gasteiger partial charge on any atom is 0.185 e. The highest BCUT2D eigenvalue weighted by atomic mass is 19.2. The van der Waals surface area contributed by atoms with Gasteiger partial charge in [-0.25, -0.2) is 23.1 Å². The first-order valence-electron chi connectivity index (χ1n) is 6.42. The van der Waals surface area contributed by atoms with Crippen LogP contribution in [0, 0.1) is 17.5 Å². The first-order chi connectivity index (χ1) is 9.59. The molecule has 1 aromatic carbocycles. The van der Waals surface area contributed by atoms with Gasteiger partial charge in [0.2, 0.25) is 0 Å². The summed E-state index contributed by atoms with van der Waals surface area (Å²) in [4.78, 5) is 7.22. The Balaban J connectivity index is 2.17. The molecule has 1 saturated carbocycles. The minimum absolute atomic E-state index is 0.0463. The minimum Gasteiger partial charge on any atom is -0.383 e. The van der Waals surface area contributed by atoms with Gasteiger partial charge < -0.3 is 11.1 Å². The average Bonchev–Trinajstić information content (AvgIpc) is 2.94. The van der Waals surface area contributed by atoms with Crippen molar-refractivity contribution in [1.29, 1.82) is 0 Å². The number of hydrogen-bond acceptors (Lipinski definition) is 4. The summed E-state index contributed by atoms with van der Waals surface area (Å²) in [5.74, 6) is -3.71. The highest BCUT2D eigenvalue weighted by Crippen LogP contribution is 2.33. The minimum atomic E-state index is -1.27. The maximum atomic E-state index is 14.3. The summed E-state index contributed by atoms with van der Waals surface area (Å²) in [5, 5.41) is 2.32. The Morgan fingerprint density at radius 3 is 2.45 bits per heavy atom. The molecule has 0 saturated heterocycles. The van der Waals surface area contributed by atoms with E-state index in [2.05, 4.69) is 15.3 Å². The van der Waals surface area contributed by atoms with Crippen molar-refractivity contribution >= 4 is 22.4 Å². The zero-order valence-electron chi connectivity index (χ0n) is 10.6. The van der Waals surface area contributed by atoms with Crippen LogP contribution in [0.2, 0.25) is 0 Å². The Morgan fingerprint density at radius 2 is 1.75 bits per heavy atom. The van der Waals surface area contributed by atoms with Gasteiger partial charge in [0.05, 0.1) is 5.39 Å². The highest BCUT2D eigenvalue weighted by Gasteiger charge is 2.25. The lowest BCUT2D eigenvalue weighted by Gasteiger charge is -2.16. The van der Waals surface area contributed by atoms with Crippen LogP contribution in [0.15, 0.2) is 6.33 Å². The van der Waals surface area contributed by atoms with Crippen molar-refractivity contribution in [3.8, 4) is 0 Å². The molecule has 20 heavy (non-hydrogen) atoms. The number of aromatic nitrogens is 2. The predicted molar refractivity (Wildman–Crippen MR) is 69.7 cm³/mol. The number of nitrogen functional groups attached to an aromatic ring is 1. The lowest BCUT2D eigenvalue weighted by Crippen LogP contribution is -2.18. The van der Waals surface area contributed by atoms with Gasteiger partial charge in [-0.05, 0) is 12.8 Å². The third kappa shape index (κ3) is 1.93. The van der Waals surface area contributed by atoms with E-state index < -0.39 is 28.5 Å². The molecule has 1 aromatic heterocycles. The number of benzene rings is 1. The Bertz CT molecular complexity index is 668. The molecule has 4 nitrogen and oxygen atoms in total. The summed E-state index contributed by atoms with van der Waals surface area (Å²) < 4.78 is 42.4. The summed E-state index contributed by atoms with van der Waals surface area (Å²) in [5.41, 5.74) is 4.68. The average molecular weight is 282 g/mol. The third-order valence-electron chi connectivity index (χ3n) is 3.64. The summed E-state index contributed by atoms with van der Waals surface area (Å²) in [6.45, 7) is 0. The first kappa shape index (κ1) is 13.0. The molecule has 0 amide bonds. The first-order valence-corrected chi connectivity index (χ1v) is 6.42. The van der Waals surface area contributed by atoms with Crippen LogP contribution < -0.4 is 11.1 Å². The molecule has 3 rings (SSSR count). The summed E-state index contributed by atoms with van der Waals surface area (Å²) >= 11 is 0. The number of hydrogen-bond donors (Lipinski definition) is 2. The maximum absolute atomic E-state index is 14.3. The molecular weight excluding hydrogens is 269 g/mol. The third-order valence-corrected chi connectivity index (χ3v) is 3.64. The van der Waals surface area contributed by atoms with Gasteiger partial charge in [0.15, 0.2) is 17.5 Å². The van der Waals surface area contributed by atoms with Crippen molar-refractivity contribution in [3.63, 3.8) is 0 Å². The normalized spacial score (nSPS) is 15.9.